The zero-order valence-corrected chi connectivity index (χ0v) is 16.8. The molecule has 2 aromatic rings. The number of hydrogen-bond donors (Lipinski definition) is 1. The van der Waals surface area contributed by atoms with E-state index in [1.54, 1.807) is 17.2 Å². The number of carbonyl (C=O) groups excluding carboxylic acids is 2. The van der Waals surface area contributed by atoms with Crippen molar-refractivity contribution in [2.45, 2.75) is 25.4 Å². The van der Waals surface area contributed by atoms with E-state index in [1.807, 2.05) is 49.5 Å². The van der Waals surface area contributed by atoms with Gasteiger partial charge in [-0.25, -0.2) is 0 Å². The fraction of sp³-hybridized carbons (Fsp3) is 0.348. The molecule has 3 rings (SSSR count). The summed E-state index contributed by atoms with van der Waals surface area (Å²) in [6, 6.07) is 11.9. The molecule has 0 aliphatic carbocycles. The molecular weight excluding hydrogens is 366 g/mol. The smallest absolute Gasteiger partial charge is 0.254 e. The van der Waals surface area contributed by atoms with Crippen LogP contribution in [0.5, 0.6) is 0 Å². The van der Waals surface area contributed by atoms with Crippen LogP contribution in [0, 0.1) is 0 Å². The van der Waals surface area contributed by atoms with Crippen LogP contribution in [0.3, 0.4) is 0 Å². The number of pyridine rings is 1. The van der Waals surface area contributed by atoms with E-state index in [4.69, 9.17) is 4.74 Å². The van der Waals surface area contributed by atoms with Crippen molar-refractivity contribution >= 4 is 11.8 Å². The number of rotatable bonds is 7. The van der Waals surface area contributed by atoms with E-state index in [1.165, 1.54) is 0 Å². The van der Waals surface area contributed by atoms with Crippen molar-refractivity contribution < 1.29 is 14.3 Å². The number of amides is 2. The molecule has 29 heavy (non-hydrogen) atoms. The molecule has 0 saturated carbocycles. The summed E-state index contributed by atoms with van der Waals surface area (Å²) in [6.45, 7) is 6.92. The standard InChI is InChI=1S/C23H27N3O3/c1-3-11-25-22(28)23(17-26(13-14-29-23)21(27)4-2)15-18-7-9-19(10-8-18)20-6-5-12-24-16-20/h3,5-10,12,16H,1,4,11,13-15,17H2,2H3,(H,25,28)/t23-/m1/s1. The summed E-state index contributed by atoms with van der Waals surface area (Å²) >= 11 is 0. The number of morpholine rings is 1. The van der Waals surface area contributed by atoms with Crippen molar-refractivity contribution in [2.75, 3.05) is 26.2 Å². The lowest BCUT2D eigenvalue weighted by molar-refractivity contribution is -0.165. The minimum Gasteiger partial charge on any atom is -0.361 e. The zero-order chi connectivity index (χ0) is 20.7. The zero-order valence-electron chi connectivity index (χ0n) is 16.8. The molecule has 152 valence electrons. The van der Waals surface area contributed by atoms with Gasteiger partial charge in [0.25, 0.3) is 5.91 Å². The second-order valence-electron chi connectivity index (χ2n) is 7.13. The number of aromatic nitrogens is 1. The Morgan fingerprint density at radius 3 is 2.72 bits per heavy atom. The summed E-state index contributed by atoms with van der Waals surface area (Å²) < 4.78 is 6.02. The van der Waals surface area contributed by atoms with E-state index in [9.17, 15) is 9.59 Å². The van der Waals surface area contributed by atoms with Crippen molar-refractivity contribution in [2.24, 2.45) is 0 Å². The van der Waals surface area contributed by atoms with Gasteiger partial charge in [-0.3, -0.25) is 14.6 Å². The van der Waals surface area contributed by atoms with Gasteiger partial charge in [0.15, 0.2) is 5.60 Å². The third kappa shape index (κ3) is 4.90. The van der Waals surface area contributed by atoms with E-state index in [2.05, 4.69) is 16.9 Å². The maximum Gasteiger partial charge on any atom is 0.254 e. The highest BCUT2D eigenvalue weighted by Crippen LogP contribution is 2.26. The molecule has 1 aromatic heterocycles. The van der Waals surface area contributed by atoms with Crippen LogP contribution in [0.1, 0.15) is 18.9 Å². The Morgan fingerprint density at radius 2 is 2.07 bits per heavy atom. The molecule has 1 aliphatic rings. The first kappa shape index (κ1) is 20.7. The third-order valence-electron chi connectivity index (χ3n) is 5.10. The molecule has 0 spiro atoms. The number of nitrogens with zero attached hydrogens (tertiary/aromatic N) is 2. The summed E-state index contributed by atoms with van der Waals surface area (Å²) in [5, 5.41) is 2.85. The lowest BCUT2D eigenvalue weighted by atomic mass is 9.90. The fourth-order valence-corrected chi connectivity index (χ4v) is 3.55. The van der Waals surface area contributed by atoms with Gasteiger partial charge in [-0.15, -0.1) is 6.58 Å². The SMILES string of the molecule is C=CCNC(=O)[C@@]1(Cc2ccc(-c3cccnc3)cc2)CN(C(=O)CC)CCO1. The van der Waals surface area contributed by atoms with E-state index in [0.717, 1.165) is 16.7 Å². The summed E-state index contributed by atoms with van der Waals surface area (Å²) in [7, 11) is 0. The monoisotopic (exact) mass is 393 g/mol. The van der Waals surface area contributed by atoms with Crippen LogP contribution in [0.2, 0.25) is 0 Å². The van der Waals surface area contributed by atoms with Crippen LogP contribution in [-0.2, 0) is 20.7 Å². The molecule has 1 saturated heterocycles. The van der Waals surface area contributed by atoms with Gasteiger partial charge >= 0.3 is 0 Å². The van der Waals surface area contributed by atoms with Crippen molar-refractivity contribution in [1.29, 1.82) is 0 Å². The Morgan fingerprint density at radius 1 is 1.28 bits per heavy atom. The molecule has 2 amide bonds. The molecule has 6 heteroatoms. The average Bonchev–Trinajstić information content (AvgIpc) is 2.78. The van der Waals surface area contributed by atoms with E-state index in [-0.39, 0.29) is 18.4 Å². The summed E-state index contributed by atoms with van der Waals surface area (Å²) in [4.78, 5) is 31.1. The molecule has 1 aromatic carbocycles. The molecule has 2 heterocycles. The summed E-state index contributed by atoms with van der Waals surface area (Å²) in [5.74, 6) is -0.191. The number of benzene rings is 1. The van der Waals surface area contributed by atoms with Crippen LogP contribution in [0.25, 0.3) is 11.1 Å². The molecule has 1 aliphatic heterocycles. The van der Waals surface area contributed by atoms with Crippen molar-refractivity contribution in [3.05, 3.63) is 67.0 Å². The molecule has 0 unspecified atom stereocenters. The third-order valence-corrected chi connectivity index (χ3v) is 5.10. The highest BCUT2D eigenvalue weighted by Gasteiger charge is 2.44. The number of nitrogens with one attached hydrogen (secondary N) is 1. The Labute approximate surface area is 171 Å². The largest absolute Gasteiger partial charge is 0.361 e. The minimum absolute atomic E-state index is 0.0288. The topological polar surface area (TPSA) is 71.5 Å². The molecule has 6 nitrogen and oxygen atoms in total. The van der Waals surface area contributed by atoms with Gasteiger partial charge in [0, 0.05) is 38.3 Å². The maximum absolute atomic E-state index is 13.0. The van der Waals surface area contributed by atoms with Gasteiger partial charge in [0.2, 0.25) is 5.91 Å². The molecule has 1 atom stereocenters. The number of hydrogen-bond acceptors (Lipinski definition) is 4. The first-order valence-electron chi connectivity index (χ1n) is 9.88. The van der Waals surface area contributed by atoms with E-state index >= 15 is 0 Å². The average molecular weight is 393 g/mol. The minimum atomic E-state index is -1.11. The second kappa shape index (κ2) is 9.47. The highest BCUT2D eigenvalue weighted by atomic mass is 16.5. The highest BCUT2D eigenvalue weighted by molar-refractivity contribution is 5.87. The Hall–Kier alpha value is -2.99. The normalized spacial score (nSPS) is 18.9. The summed E-state index contributed by atoms with van der Waals surface area (Å²) in [5.41, 5.74) is 1.95. The van der Waals surface area contributed by atoms with Gasteiger partial charge < -0.3 is 15.0 Å². The maximum atomic E-state index is 13.0. The number of ether oxygens (including phenoxy) is 1. The quantitative estimate of drug-likeness (QED) is 0.734. The Balaban J connectivity index is 1.84. The number of carbonyl (C=O) groups is 2. The molecule has 0 radical (unpaired) electrons. The second-order valence-corrected chi connectivity index (χ2v) is 7.13. The van der Waals surface area contributed by atoms with E-state index < -0.39 is 5.60 Å². The van der Waals surface area contributed by atoms with Gasteiger partial charge in [0.05, 0.1) is 13.2 Å². The predicted molar refractivity (Wildman–Crippen MR) is 112 cm³/mol. The molecule has 1 fully saturated rings. The molecule has 1 N–H and O–H groups in total. The van der Waals surface area contributed by atoms with Crippen LogP contribution in [0.15, 0.2) is 61.4 Å². The van der Waals surface area contributed by atoms with Gasteiger partial charge in [-0.1, -0.05) is 43.3 Å². The summed E-state index contributed by atoms with van der Waals surface area (Å²) in [6.07, 6.45) is 5.98. The van der Waals surface area contributed by atoms with Crippen LogP contribution in [-0.4, -0.2) is 53.5 Å². The van der Waals surface area contributed by atoms with Gasteiger partial charge in [-0.2, -0.15) is 0 Å². The fourth-order valence-electron chi connectivity index (χ4n) is 3.55. The van der Waals surface area contributed by atoms with Crippen molar-refractivity contribution in [3.8, 4) is 11.1 Å². The lowest BCUT2D eigenvalue weighted by Gasteiger charge is -2.41. The molecular formula is C23H27N3O3. The van der Waals surface area contributed by atoms with Crippen molar-refractivity contribution in [3.63, 3.8) is 0 Å². The van der Waals surface area contributed by atoms with Crippen LogP contribution < -0.4 is 5.32 Å². The first-order valence-corrected chi connectivity index (χ1v) is 9.88. The Bertz CT molecular complexity index is 851. The van der Waals surface area contributed by atoms with Crippen molar-refractivity contribution in [1.82, 2.24) is 15.2 Å². The van der Waals surface area contributed by atoms with E-state index in [0.29, 0.717) is 32.5 Å². The molecule has 0 bridgehead atoms. The first-order chi connectivity index (χ1) is 14.1. The van der Waals surface area contributed by atoms with Gasteiger partial charge in [0.1, 0.15) is 0 Å². The van der Waals surface area contributed by atoms with Gasteiger partial charge in [-0.05, 0) is 22.8 Å². The van der Waals surface area contributed by atoms with Crippen LogP contribution >= 0.6 is 0 Å². The lowest BCUT2D eigenvalue weighted by Crippen LogP contribution is -2.62. The predicted octanol–water partition coefficient (Wildman–Crippen LogP) is 2.60. The Kier molecular flexibility index (Phi) is 6.77. The van der Waals surface area contributed by atoms with Crippen LogP contribution in [0.4, 0.5) is 0 Å².